The van der Waals surface area contributed by atoms with E-state index in [9.17, 15) is 13.2 Å². The number of anilines is 1. The monoisotopic (exact) mass is 488 g/mol. The van der Waals surface area contributed by atoms with E-state index in [1.54, 1.807) is 0 Å². The molecule has 0 aliphatic heterocycles. The van der Waals surface area contributed by atoms with Crippen molar-refractivity contribution in [2.45, 2.75) is 50.9 Å². The predicted octanol–water partition coefficient (Wildman–Crippen LogP) is 5.19. The highest BCUT2D eigenvalue weighted by atomic mass is 79.9. The minimum Gasteiger partial charge on any atom is -0.475 e. The molecule has 1 aliphatic rings. The number of nitrogens with two attached hydrogens (primary N) is 1. The van der Waals surface area contributed by atoms with Gasteiger partial charge in [-0.3, -0.25) is 4.90 Å². The van der Waals surface area contributed by atoms with Crippen LogP contribution in [0.3, 0.4) is 0 Å². The zero-order valence-electron chi connectivity index (χ0n) is 13.7. The zero-order chi connectivity index (χ0) is 19.2. The van der Waals surface area contributed by atoms with Gasteiger partial charge in [-0.05, 0) is 53.5 Å². The van der Waals surface area contributed by atoms with Crippen molar-refractivity contribution in [3.05, 3.63) is 26.6 Å². The molecule has 1 saturated carbocycles. The summed E-state index contributed by atoms with van der Waals surface area (Å²) in [6.07, 6.45) is 1.70. The molecule has 4 nitrogen and oxygen atoms in total. The zero-order valence-corrected chi connectivity index (χ0v) is 16.9. The van der Waals surface area contributed by atoms with E-state index >= 15 is 0 Å². The largest absolute Gasteiger partial charge is 0.490 e. The summed E-state index contributed by atoms with van der Waals surface area (Å²) in [4.78, 5) is 11.3. The third kappa shape index (κ3) is 7.53. The minimum atomic E-state index is -5.08. The topological polar surface area (TPSA) is 66.6 Å². The normalized spacial score (nSPS) is 15.6. The van der Waals surface area contributed by atoms with E-state index in [1.807, 2.05) is 6.07 Å². The predicted molar refractivity (Wildman–Crippen MR) is 98.3 cm³/mol. The Bertz CT molecular complexity index is 591. The first kappa shape index (κ1) is 22.2. The van der Waals surface area contributed by atoms with E-state index in [4.69, 9.17) is 15.6 Å². The van der Waals surface area contributed by atoms with Crippen LogP contribution < -0.4 is 5.73 Å². The van der Waals surface area contributed by atoms with Gasteiger partial charge in [-0.1, -0.05) is 35.2 Å². The lowest BCUT2D eigenvalue weighted by atomic mass is 9.94. The molecule has 9 heteroatoms. The van der Waals surface area contributed by atoms with Gasteiger partial charge in [-0.2, -0.15) is 13.2 Å². The smallest absolute Gasteiger partial charge is 0.475 e. The number of carbonyl (C=O) groups is 1. The lowest BCUT2D eigenvalue weighted by molar-refractivity contribution is -0.192. The van der Waals surface area contributed by atoms with Crippen LogP contribution in [0.25, 0.3) is 0 Å². The maximum atomic E-state index is 10.6. The number of rotatable bonds is 3. The summed E-state index contributed by atoms with van der Waals surface area (Å²) in [7, 11) is 2.21. The quantitative estimate of drug-likeness (QED) is 0.573. The molecule has 0 radical (unpaired) electrons. The van der Waals surface area contributed by atoms with E-state index in [1.165, 1.54) is 37.7 Å². The van der Waals surface area contributed by atoms with Gasteiger partial charge in [0.25, 0.3) is 0 Å². The first-order valence-corrected chi connectivity index (χ1v) is 9.34. The Kier molecular flexibility index (Phi) is 8.70. The Morgan fingerprint density at radius 3 is 2.28 bits per heavy atom. The minimum absolute atomic E-state index is 0.718. The molecule has 1 aromatic rings. The SMILES string of the molecule is CN(Cc1cc(Br)cc(Br)c1N)C1CCCCC1.O=C(O)C(F)(F)F. The van der Waals surface area contributed by atoms with Crippen LogP contribution in [0.1, 0.15) is 37.7 Å². The summed E-state index contributed by atoms with van der Waals surface area (Å²) in [5.41, 5.74) is 8.20. The van der Waals surface area contributed by atoms with Gasteiger partial charge >= 0.3 is 12.1 Å². The lowest BCUT2D eigenvalue weighted by Crippen LogP contribution is -2.33. The second-order valence-corrected chi connectivity index (χ2v) is 7.74. The number of hydrogen-bond donors (Lipinski definition) is 2. The molecule has 1 aliphatic carbocycles. The molecule has 142 valence electrons. The highest BCUT2D eigenvalue weighted by molar-refractivity contribution is 9.11. The number of nitrogen functional groups attached to an aromatic ring is 1. The van der Waals surface area contributed by atoms with Crippen molar-refractivity contribution in [1.29, 1.82) is 0 Å². The van der Waals surface area contributed by atoms with E-state index in [2.05, 4.69) is 49.9 Å². The molecule has 25 heavy (non-hydrogen) atoms. The highest BCUT2D eigenvalue weighted by Crippen LogP contribution is 2.30. The van der Waals surface area contributed by atoms with Gasteiger partial charge < -0.3 is 10.8 Å². The number of carboxylic acid groups (broad SMARTS) is 1. The summed E-state index contributed by atoms with van der Waals surface area (Å²) in [5, 5.41) is 7.12. The van der Waals surface area contributed by atoms with Crippen molar-refractivity contribution in [2.24, 2.45) is 0 Å². The number of carboxylic acids is 1. The average molecular weight is 490 g/mol. The Balaban J connectivity index is 0.000000381. The van der Waals surface area contributed by atoms with Crippen LogP contribution in [-0.2, 0) is 11.3 Å². The van der Waals surface area contributed by atoms with Gasteiger partial charge in [0.1, 0.15) is 0 Å². The Labute approximate surface area is 161 Å². The van der Waals surface area contributed by atoms with Crippen LogP contribution in [0.5, 0.6) is 0 Å². The molecule has 0 bridgehead atoms. The van der Waals surface area contributed by atoms with Gasteiger partial charge in [0.15, 0.2) is 0 Å². The Hall–Kier alpha value is -0.800. The van der Waals surface area contributed by atoms with Gasteiger partial charge in [0, 0.05) is 21.5 Å². The summed E-state index contributed by atoms with van der Waals surface area (Å²) in [5.74, 6) is -2.76. The first-order chi connectivity index (χ1) is 11.5. The van der Waals surface area contributed by atoms with Gasteiger partial charge in [-0.25, -0.2) is 4.79 Å². The van der Waals surface area contributed by atoms with Crippen molar-refractivity contribution in [1.82, 2.24) is 4.90 Å². The van der Waals surface area contributed by atoms with Crippen molar-refractivity contribution in [3.8, 4) is 0 Å². The molecule has 0 saturated heterocycles. The molecule has 0 amide bonds. The van der Waals surface area contributed by atoms with Crippen molar-refractivity contribution < 1.29 is 23.1 Å². The molecular weight excluding hydrogens is 469 g/mol. The summed E-state index contributed by atoms with van der Waals surface area (Å²) >= 11 is 7.04. The molecule has 0 unspecified atom stereocenters. The van der Waals surface area contributed by atoms with E-state index in [0.29, 0.717) is 0 Å². The molecule has 0 spiro atoms. The number of alkyl halides is 3. The number of aliphatic carboxylic acids is 1. The lowest BCUT2D eigenvalue weighted by Gasteiger charge is -2.31. The second-order valence-electron chi connectivity index (χ2n) is 5.97. The molecule has 1 aromatic carbocycles. The third-order valence-corrected chi connectivity index (χ3v) is 5.15. The fraction of sp³-hybridized carbons (Fsp3) is 0.562. The van der Waals surface area contributed by atoms with Crippen LogP contribution in [0.2, 0.25) is 0 Å². The molecule has 1 fully saturated rings. The summed E-state index contributed by atoms with van der Waals surface area (Å²) in [6, 6.07) is 4.84. The molecule has 0 aromatic heterocycles. The van der Waals surface area contributed by atoms with E-state index in [0.717, 1.165) is 27.2 Å². The Morgan fingerprint density at radius 2 is 1.80 bits per heavy atom. The average Bonchev–Trinajstić information content (AvgIpc) is 2.52. The van der Waals surface area contributed by atoms with Crippen LogP contribution in [0, 0.1) is 0 Å². The molecule has 2 rings (SSSR count). The summed E-state index contributed by atoms with van der Waals surface area (Å²) in [6.45, 7) is 0.925. The van der Waals surface area contributed by atoms with Gasteiger partial charge in [0.05, 0.1) is 5.69 Å². The number of nitrogens with zero attached hydrogens (tertiary/aromatic N) is 1. The number of halogens is 5. The first-order valence-electron chi connectivity index (χ1n) is 7.76. The highest BCUT2D eigenvalue weighted by Gasteiger charge is 2.38. The van der Waals surface area contributed by atoms with Crippen LogP contribution in [0.4, 0.5) is 18.9 Å². The van der Waals surface area contributed by atoms with E-state index in [-0.39, 0.29) is 0 Å². The van der Waals surface area contributed by atoms with Crippen molar-refractivity contribution >= 4 is 43.5 Å². The molecule has 3 N–H and O–H groups in total. The second kappa shape index (κ2) is 9.78. The molecular formula is C16H21Br2F3N2O2. The molecule has 0 heterocycles. The summed E-state index contributed by atoms with van der Waals surface area (Å²) < 4.78 is 33.8. The van der Waals surface area contributed by atoms with Crippen LogP contribution in [0.15, 0.2) is 21.1 Å². The van der Waals surface area contributed by atoms with Crippen LogP contribution >= 0.6 is 31.9 Å². The van der Waals surface area contributed by atoms with Gasteiger partial charge in [-0.15, -0.1) is 0 Å². The fourth-order valence-corrected chi connectivity index (χ4v) is 4.00. The maximum absolute atomic E-state index is 10.6. The number of benzene rings is 1. The van der Waals surface area contributed by atoms with Gasteiger partial charge in [0.2, 0.25) is 0 Å². The van der Waals surface area contributed by atoms with E-state index < -0.39 is 12.1 Å². The maximum Gasteiger partial charge on any atom is 0.490 e. The third-order valence-electron chi connectivity index (χ3n) is 4.04. The van der Waals surface area contributed by atoms with Crippen molar-refractivity contribution in [3.63, 3.8) is 0 Å². The molecule has 0 atom stereocenters. The van der Waals surface area contributed by atoms with Crippen LogP contribution in [-0.4, -0.2) is 35.2 Å². The number of hydrogen-bond acceptors (Lipinski definition) is 3. The van der Waals surface area contributed by atoms with Crippen molar-refractivity contribution in [2.75, 3.05) is 12.8 Å². The standard InChI is InChI=1S/C14H20Br2N2.C2HF3O2/c1-18(12-5-3-2-4-6-12)9-10-7-11(15)8-13(16)14(10)17;3-2(4,5)1(6)7/h7-8,12H,2-6,9,17H2,1H3;(H,6,7). The fourth-order valence-electron chi connectivity index (χ4n) is 2.69. The Morgan fingerprint density at radius 1 is 1.28 bits per heavy atom.